The van der Waals surface area contributed by atoms with Gasteiger partial charge in [-0.25, -0.2) is 0 Å². The quantitative estimate of drug-likeness (QED) is 0.532. The molecule has 0 bridgehead atoms. The molecule has 1 aromatic heterocycles. The normalized spacial score (nSPS) is 26.6. The van der Waals surface area contributed by atoms with Gasteiger partial charge in [-0.1, -0.05) is 42.1 Å². The molecule has 1 saturated carbocycles. The van der Waals surface area contributed by atoms with Gasteiger partial charge >= 0.3 is 0 Å². The topological polar surface area (TPSA) is 0 Å². The fraction of sp³-hybridized carbons (Fsp3) is 0.714. The number of rotatable bonds is 3. The number of hydrogen-bond donors (Lipinski definition) is 0. The molecule has 0 N–H and O–H groups in total. The fourth-order valence-electron chi connectivity index (χ4n) is 2.55. The highest BCUT2D eigenvalue weighted by molar-refractivity contribution is 9.09. The number of thiophene rings is 1. The summed E-state index contributed by atoms with van der Waals surface area (Å²) in [5.41, 5.74) is 0. The van der Waals surface area contributed by atoms with E-state index in [2.05, 4.69) is 35.0 Å². The fourth-order valence-corrected chi connectivity index (χ4v) is 4.38. The van der Waals surface area contributed by atoms with Gasteiger partial charge in [-0.15, -0.1) is 11.3 Å². The Labute approximate surface area is 112 Å². The summed E-state index contributed by atoms with van der Waals surface area (Å²) in [5, 5.41) is 0. The van der Waals surface area contributed by atoms with E-state index < -0.39 is 0 Å². The third-order valence-corrected chi connectivity index (χ3v) is 6.05. The molecule has 1 aliphatic carbocycles. The summed E-state index contributed by atoms with van der Waals surface area (Å²) in [6.45, 7) is 2.24. The SMILES string of the molecule is CCc1ccc(CC2CCCCCC2Br)s1. The molecule has 0 aromatic carbocycles. The minimum atomic E-state index is 0.752. The van der Waals surface area contributed by atoms with E-state index in [0.29, 0.717) is 0 Å². The molecule has 0 spiro atoms. The van der Waals surface area contributed by atoms with E-state index in [-0.39, 0.29) is 0 Å². The maximum Gasteiger partial charge on any atom is 0.0177 e. The van der Waals surface area contributed by atoms with Crippen LogP contribution in [-0.2, 0) is 12.8 Å². The van der Waals surface area contributed by atoms with E-state index in [1.54, 1.807) is 4.88 Å². The zero-order valence-corrected chi connectivity index (χ0v) is 12.4. The van der Waals surface area contributed by atoms with Crippen LogP contribution in [0.2, 0.25) is 0 Å². The van der Waals surface area contributed by atoms with E-state index in [9.17, 15) is 0 Å². The molecule has 0 nitrogen and oxygen atoms in total. The Bertz CT molecular complexity index is 318. The Hall–Kier alpha value is 0.180. The zero-order valence-electron chi connectivity index (χ0n) is 10.0. The largest absolute Gasteiger partial charge is 0.145 e. The molecule has 1 heterocycles. The van der Waals surface area contributed by atoms with Crippen molar-refractivity contribution in [2.45, 2.75) is 56.7 Å². The van der Waals surface area contributed by atoms with Crippen LogP contribution in [-0.4, -0.2) is 4.83 Å². The van der Waals surface area contributed by atoms with Crippen LogP contribution in [0.3, 0.4) is 0 Å². The van der Waals surface area contributed by atoms with Crippen molar-refractivity contribution in [3.63, 3.8) is 0 Å². The molecule has 1 aliphatic rings. The smallest absolute Gasteiger partial charge is 0.0177 e. The van der Waals surface area contributed by atoms with Crippen molar-refractivity contribution < 1.29 is 0 Å². The molecule has 0 aliphatic heterocycles. The average molecular weight is 301 g/mol. The lowest BCUT2D eigenvalue weighted by atomic mass is 9.96. The summed E-state index contributed by atoms with van der Waals surface area (Å²) in [6, 6.07) is 4.65. The van der Waals surface area contributed by atoms with Crippen LogP contribution in [0.1, 0.15) is 48.8 Å². The lowest BCUT2D eigenvalue weighted by Crippen LogP contribution is -2.14. The van der Waals surface area contributed by atoms with E-state index in [0.717, 1.165) is 10.7 Å². The second-order valence-electron chi connectivity index (χ2n) is 4.84. The van der Waals surface area contributed by atoms with Gasteiger partial charge in [0.1, 0.15) is 0 Å². The monoisotopic (exact) mass is 300 g/mol. The average Bonchev–Trinajstić information content (AvgIpc) is 2.65. The second kappa shape index (κ2) is 6.20. The molecular weight excluding hydrogens is 280 g/mol. The van der Waals surface area contributed by atoms with Gasteiger partial charge in [0, 0.05) is 14.6 Å². The van der Waals surface area contributed by atoms with Gasteiger partial charge in [0.25, 0.3) is 0 Å². The van der Waals surface area contributed by atoms with Gasteiger partial charge in [-0.2, -0.15) is 0 Å². The molecule has 0 radical (unpaired) electrons. The Morgan fingerprint density at radius 3 is 2.69 bits per heavy atom. The van der Waals surface area contributed by atoms with E-state index >= 15 is 0 Å². The molecule has 2 heteroatoms. The van der Waals surface area contributed by atoms with Crippen LogP contribution in [0, 0.1) is 5.92 Å². The lowest BCUT2D eigenvalue weighted by Gasteiger charge is -2.18. The van der Waals surface area contributed by atoms with Crippen molar-refractivity contribution in [1.82, 2.24) is 0 Å². The van der Waals surface area contributed by atoms with E-state index in [4.69, 9.17) is 0 Å². The first-order chi connectivity index (χ1) is 7.79. The van der Waals surface area contributed by atoms with Crippen LogP contribution < -0.4 is 0 Å². The summed E-state index contributed by atoms with van der Waals surface area (Å²) in [5.74, 6) is 0.867. The van der Waals surface area contributed by atoms with E-state index in [1.165, 1.54) is 49.8 Å². The van der Waals surface area contributed by atoms with Gasteiger partial charge in [-0.3, -0.25) is 0 Å². The molecule has 0 saturated heterocycles. The Morgan fingerprint density at radius 2 is 1.94 bits per heavy atom. The van der Waals surface area contributed by atoms with Crippen molar-refractivity contribution in [2.24, 2.45) is 5.92 Å². The summed E-state index contributed by atoms with van der Waals surface area (Å²) in [4.78, 5) is 3.88. The minimum Gasteiger partial charge on any atom is -0.145 e. The Kier molecular flexibility index (Phi) is 4.90. The molecule has 2 unspecified atom stereocenters. The summed E-state index contributed by atoms with van der Waals surface area (Å²) >= 11 is 5.91. The highest BCUT2D eigenvalue weighted by Crippen LogP contribution is 2.32. The molecule has 16 heavy (non-hydrogen) atoms. The molecular formula is C14H21BrS. The summed E-state index contributed by atoms with van der Waals surface area (Å²) in [7, 11) is 0. The standard InChI is InChI=1S/C14H21BrS/c1-2-12-8-9-13(16-12)10-11-6-4-3-5-7-14(11)15/h8-9,11,14H,2-7,10H2,1H3. The van der Waals surface area contributed by atoms with Gasteiger partial charge in [-0.05, 0) is 43.7 Å². The maximum atomic E-state index is 3.89. The first kappa shape index (κ1) is 12.6. The van der Waals surface area contributed by atoms with Crippen molar-refractivity contribution >= 4 is 27.3 Å². The van der Waals surface area contributed by atoms with Crippen LogP contribution in [0.5, 0.6) is 0 Å². The predicted molar refractivity (Wildman–Crippen MR) is 76.7 cm³/mol. The summed E-state index contributed by atoms with van der Waals surface area (Å²) < 4.78 is 0. The van der Waals surface area contributed by atoms with E-state index in [1.807, 2.05) is 11.3 Å². The molecule has 0 amide bonds. The van der Waals surface area contributed by atoms with Gasteiger partial charge < -0.3 is 0 Å². The number of hydrogen-bond acceptors (Lipinski definition) is 1. The van der Waals surface area contributed by atoms with Gasteiger partial charge in [0.15, 0.2) is 0 Å². The molecule has 1 aromatic rings. The highest BCUT2D eigenvalue weighted by Gasteiger charge is 2.21. The van der Waals surface area contributed by atoms with Crippen LogP contribution >= 0.6 is 27.3 Å². The second-order valence-corrected chi connectivity index (χ2v) is 7.27. The predicted octanol–water partition coefficient (Wildman–Crippen LogP) is 5.20. The van der Waals surface area contributed by atoms with Gasteiger partial charge in [0.05, 0.1) is 0 Å². The molecule has 2 atom stereocenters. The van der Waals surface area contributed by atoms with Crippen molar-refractivity contribution in [1.29, 1.82) is 0 Å². The van der Waals surface area contributed by atoms with Crippen LogP contribution in [0.25, 0.3) is 0 Å². The Morgan fingerprint density at radius 1 is 1.19 bits per heavy atom. The number of halogens is 1. The van der Waals surface area contributed by atoms with Crippen LogP contribution in [0.4, 0.5) is 0 Å². The third kappa shape index (κ3) is 3.33. The minimum absolute atomic E-state index is 0.752. The molecule has 90 valence electrons. The Balaban J connectivity index is 1.96. The first-order valence-corrected chi connectivity index (χ1v) is 8.24. The number of aryl methyl sites for hydroxylation is 1. The third-order valence-electron chi connectivity index (χ3n) is 3.60. The molecule has 1 fully saturated rings. The first-order valence-electron chi connectivity index (χ1n) is 6.51. The van der Waals surface area contributed by atoms with Crippen LogP contribution in [0.15, 0.2) is 12.1 Å². The lowest BCUT2D eigenvalue weighted by molar-refractivity contribution is 0.479. The van der Waals surface area contributed by atoms with Crippen molar-refractivity contribution in [3.8, 4) is 0 Å². The van der Waals surface area contributed by atoms with Crippen molar-refractivity contribution in [2.75, 3.05) is 0 Å². The highest BCUT2D eigenvalue weighted by atomic mass is 79.9. The molecule has 2 rings (SSSR count). The van der Waals surface area contributed by atoms with Gasteiger partial charge in [0.2, 0.25) is 0 Å². The maximum absolute atomic E-state index is 3.89. The van der Waals surface area contributed by atoms with Crippen molar-refractivity contribution in [3.05, 3.63) is 21.9 Å². The summed E-state index contributed by atoms with van der Waals surface area (Å²) in [6.07, 6.45) is 9.54. The number of alkyl halides is 1. The zero-order chi connectivity index (χ0) is 11.4.